The number of halogens is 1. The largest absolute Gasteiger partial charge is 0.495 e. The van der Waals surface area contributed by atoms with Crippen molar-refractivity contribution < 1.29 is 29.0 Å². The maximum absolute atomic E-state index is 13.5. The van der Waals surface area contributed by atoms with Crippen molar-refractivity contribution >= 4 is 41.2 Å². The van der Waals surface area contributed by atoms with E-state index in [1.54, 1.807) is 44.8 Å². The van der Waals surface area contributed by atoms with Crippen LogP contribution in [0.25, 0.3) is 0 Å². The summed E-state index contributed by atoms with van der Waals surface area (Å²) in [5.74, 6) is 0.734. The molecule has 1 amide bonds. The zero-order valence-electron chi connectivity index (χ0n) is 25.1. The van der Waals surface area contributed by atoms with E-state index in [1.807, 2.05) is 11.0 Å². The van der Waals surface area contributed by atoms with Crippen molar-refractivity contribution in [2.24, 2.45) is 0 Å². The number of aromatic nitrogens is 4. The van der Waals surface area contributed by atoms with E-state index in [0.717, 1.165) is 18.4 Å². The van der Waals surface area contributed by atoms with Gasteiger partial charge < -0.3 is 24.5 Å². The Morgan fingerprint density at radius 3 is 2.73 bits per heavy atom. The third kappa shape index (κ3) is 9.35. The number of esters is 1. The van der Waals surface area contributed by atoms with Crippen LogP contribution < -0.4 is 19.9 Å². The summed E-state index contributed by atoms with van der Waals surface area (Å²) in [5.41, 5.74) is 1.06. The fraction of sp³-hybridized carbons (Fsp3) is 0.448. The third-order valence-electron chi connectivity index (χ3n) is 7.13. The maximum atomic E-state index is 13.5. The van der Waals surface area contributed by atoms with Gasteiger partial charge in [0.15, 0.2) is 0 Å². The van der Waals surface area contributed by atoms with E-state index in [0.29, 0.717) is 54.9 Å². The Hall–Kier alpha value is -4.79. The van der Waals surface area contributed by atoms with Gasteiger partial charge in [0, 0.05) is 45.1 Å². The molecular weight excluding hydrogens is 608 g/mol. The van der Waals surface area contributed by atoms with Crippen LogP contribution in [0.15, 0.2) is 42.9 Å². The minimum atomic E-state index is -0.829. The Bertz CT molecular complexity index is 1470. The molecule has 0 spiro atoms. The maximum Gasteiger partial charge on any atom is 0.305 e. The number of rotatable bonds is 16. The van der Waals surface area contributed by atoms with Crippen LogP contribution in [-0.4, -0.2) is 76.9 Å². The van der Waals surface area contributed by atoms with Gasteiger partial charge >= 0.3 is 5.97 Å². The molecule has 1 unspecified atom stereocenters. The molecule has 1 aliphatic heterocycles. The number of anilines is 3. The molecule has 0 radical (unpaired) electrons. The monoisotopic (exact) mass is 642 g/mol. The first-order valence-corrected chi connectivity index (χ1v) is 14.8. The number of hydrogen-bond donors (Lipinski definition) is 1. The van der Waals surface area contributed by atoms with Crippen molar-refractivity contribution in [2.75, 3.05) is 49.0 Å². The van der Waals surface area contributed by atoms with E-state index in [1.165, 1.54) is 11.1 Å². The lowest BCUT2D eigenvalue weighted by molar-refractivity contribution is -0.757. The summed E-state index contributed by atoms with van der Waals surface area (Å²) in [5, 5.41) is 13.1. The van der Waals surface area contributed by atoms with Crippen LogP contribution in [0.5, 0.6) is 5.75 Å². The van der Waals surface area contributed by atoms with E-state index in [4.69, 9.17) is 26.1 Å². The average molecular weight is 643 g/mol. The zero-order chi connectivity index (χ0) is 32.2. The first kappa shape index (κ1) is 33.1. The molecule has 3 aromatic rings. The third-order valence-corrected chi connectivity index (χ3v) is 7.43. The number of unbranched alkanes of at least 4 members (excludes halogenated alkanes) is 2. The second-order valence-corrected chi connectivity index (χ2v) is 10.6. The molecule has 3 heterocycles. The number of ether oxygens (including phenoxy) is 2. The van der Waals surface area contributed by atoms with Crippen LogP contribution in [0, 0.1) is 10.1 Å². The minimum absolute atomic E-state index is 0.00444. The molecule has 1 aromatic carbocycles. The van der Waals surface area contributed by atoms with Gasteiger partial charge in [-0.25, -0.2) is 15.0 Å². The molecule has 1 atom stereocenters. The highest BCUT2D eigenvalue weighted by Crippen LogP contribution is 2.28. The van der Waals surface area contributed by atoms with Crippen molar-refractivity contribution in [3.8, 4) is 5.75 Å². The summed E-state index contributed by atoms with van der Waals surface area (Å²) in [4.78, 5) is 61.3. The Kier molecular flexibility index (Phi) is 12.0. The Labute approximate surface area is 265 Å². The van der Waals surface area contributed by atoms with Crippen LogP contribution in [-0.2, 0) is 20.9 Å². The number of methoxy groups -OCH3 is 1. The van der Waals surface area contributed by atoms with Crippen LogP contribution in [0.4, 0.5) is 17.7 Å². The van der Waals surface area contributed by atoms with Gasteiger partial charge in [0.1, 0.15) is 23.7 Å². The summed E-state index contributed by atoms with van der Waals surface area (Å²) in [6.45, 7) is 1.13. The summed E-state index contributed by atoms with van der Waals surface area (Å²) < 4.78 is 10.8. The quantitative estimate of drug-likeness (QED) is 0.102. The first-order valence-electron chi connectivity index (χ1n) is 14.4. The minimum Gasteiger partial charge on any atom is -0.495 e. The van der Waals surface area contributed by atoms with Gasteiger partial charge in [-0.1, -0.05) is 24.1 Å². The van der Waals surface area contributed by atoms with Crippen LogP contribution in [0.1, 0.15) is 54.4 Å². The molecule has 1 fully saturated rings. The molecule has 0 saturated carbocycles. The summed E-state index contributed by atoms with van der Waals surface area (Å²) in [6.07, 6.45) is 8.04. The van der Waals surface area contributed by atoms with Crippen molar-refractivity contribution in [1.29, 1.82) is 0 Å². The van der Waals surface area contributed by atoms with Gasteiger partial charge in [0.2, 0.25) is 11.9 Å². The molecule has 1 saturated heterocycles. The molecule has 0 bridgehead atoms. The molecule has 240 valence electrons. The molecule has 16 heteroatoms. The zero-order valence-corrected chi connectivity index (χ0v) is 25.8. The molecule has 0 aliphatic carbocycles. The summed E-state index contributed by atoms with van der Waals surface area (Å²) in [6, 6.07) is 6.91. The van der Waals surface area contributed by atoms with E-state index < -0.39 is 11.0 Å². The number of nitrogens with one attached hydrogen (secondary N) is 1. The standard InChI is InChI=1S/C29H35ClN8O7/c1-36(28-31-12-7-13-32-28)27(40)22-18-34-29(35-26(22)33-17-20-10-11-24(43-2)23(30)16-20)37-14-6-8-21(37)19-44-25(39)9-4-3-5-15-45-38(41)42/h7,10-13,16,18,21H,3-6,8-9,14-15,17,19H2,1-2H3,(H,33,34,35). The van der Waals surface area contributed by atoms with Crippen molar-refractivity contribution in [3.63, 3.8) is 0 Å². The number of amides is 1. The highest BCUT2D eigenvalue weighted by molar-refractivity contribution is 6.32. The fourth-order valence-corrected chi connectivity index (χ4v) is 5.04. The fourth-order valence-electron chi connectivity index (χ4n) is 4.76. The summed E-state index contributed by atoms with van der Waals surface area (Å²) in [7, 11) is 3.11. The first-order chi connectivity index (χ1) is 21.8. The lowest BCUT2D eigenvalue weighted by Crippen LogP contribution is -2.36. The number of nitrogens with zero attached hydrogens (tertiary/aromatic N) is 7. The number of benzene rings is 1. The molecular formula is C29H35ClN8O7. The van der Waals surface area contributed by atoms with Crippen molar-refractivity contribution in [3.05, 3.63) is 69.1 Å². The Morgan fingerprint density at radius 1 is 1.20 bits per heavy atom. The van der Waals surface area contributed by atoms with Gasteiger partial charge in [-0.2, -0.15) is 4.98 Å². The predicted octanol–water partition coefficient (Wildman–Crippen LogP) is 4.10. The summed E-state index contributed by atoms with van der Waals surface area (Å²) >= 11 is 6.32. The smallest absolute Gasteiger partial charge is 0.305 e. The molecule has 4 rings (SSSR count). The van der Waals surface area contributed by atoms with Gasteiger partial charge in [-0.15, -0.1) is 10.1 Å². The second kappa shape index (κ2) is 16.3. The number of hydrogen-bond acceptors (Lipinski definition) is 13. The van der Waals surface area contributed by atoms with Gasteiger partial charge in [-0.05, 0) is 49.4 Å². The van der Waals surface area contributed by atoms with E-state index >= 15 is 0 Å². The number of carbonyl (C=O) groups excluding carboxylic acids is 2. The molecule has 45 heavy (non-hydrogen) atoms. The van der Waals surface area contributed by atoms with Gasteiger partial charge in [0.25, 0.3) is 11.0 Å². The molecule has 15 nitrogen and oxygen atoms in total. The van der Waals surface area contributed by atoms with Crippen LogP contribution in [0.2, 0.25) is 5.02 Å². The van der Waals surface area contributed by atoms with Crippen LogP contribution in [0.3, 0.4) is 0 Å². The predicted molar refractivity (Wildman–Crippen MR) is 165 cm³/mol. The van der Waals surface area contributed by atoms with E-state index in [9.17, 15) is 19.7 Å². The van der Waals surface area contributed by atoms with Crippen molar-refractivity contribution in [2.45, 2.75) is 51.1 Å². The SMILES string of the molecule is COc1ccc(CNc2nc(N3CCCC3COC(=O)CCCCCO[N+](=O)[O-])ncc2C(=O)N(C)c2ncccn2)cc1Cl. The second-order valence-electron chi connectivity index (χ2n) is 10.2. The normalized spacial score (nSPS) is 14.1. The lowest BCUT2D eigenvalue weighted by Gasteiger charge is -2.25. The van der Waals surface area contributed by atoms with E-state index in [2.05, 4.69) is 25.1 Å². The Morgan fingerprint density at radius 2 is 2.00 bits per heavy atom. The number of carbonyl (C=O) groups is 2. The molecule has 1 N–H and O–H groups in total. The van der Waals surface area contributed by atoms with Gasteiger partial charge in [-0.3, -0.25) is 14.5 Å². The highest BCUT2D eigenvalue weighted by atomic mass is 35.5. The topological polar surface area (TPSA) is 175 Å². The molecule has 2 aromatic heterocycles. The highest BCUT2D eigenvalue weighted by Gasteiger charge is 2.30. The van der Waals surface area contributed by atoms with Crippen molar-refractivity contribution in [1.82, 2.24) is 19.9 Å². The lowest BCUT2D eigenvalue weighted by atomic mass is 10.2. The average Bonchev–Trinajstić information content (AvgIpc) is 3.52. The Balaban J connectivity index is 1.45. The van der Waals surface area contributed by atoms with Gasteiger partial charge in [0.05, 0.1) is 24.8 Å². The van der Waals surface area contributed by atoms with Crippen LogP contribution >= 0.6 is 11.6 Å². The molecule has 1 aliphatic rings. The van der Waals surface area contributed by atoms with E-state index in [-0.39, 0.29) is 43.2 Å².